The van der Waals surface area contributed by atoms with Crippen molar-refractivity contribution in [2.75, 3.05) is 14.2 Å². The fourth-order valence-electron chi connectivity index (χ4n) is 3.07. The van der Waals surface area contributed by atoms with E-state index < -0.39 is 0 Å². The largest absolute Gasteiger partial charge is 0.381 e. The predicted octanol–water partition coefficient (Wildman–Crippen LogP) is 1.41. The Morgan fingerprint density at radius 2 is 1.43 bits per heavy atom. The molecule has 0 heterocycles. The van der Waals surface area contributed by atoms with E-state index in [1.54, 1.807) is 14.2 Å². The average molecular weight is 198 g/mol. The van der Waals surface area contributed by atoms with Crippen LogP contribution in [0.3, 0.4) is 0 Å². The molecule has 0 saturated heterocycles. The van der Waals surface area contributed by atoms with Gasteiger partial charge in [-0.15, -0.1) is 0 Å². The summed E-state index contributed by atoms with van der Waals surface area (Å²) in [5.41, 5.74) is 0. The fraction of sp³-hybridized carbons (Fsp3) is 0.909. The number of hydrogen-bond donors (Lipinski definition) is 0. The van der Waals surface area contributed by atoms with Crippen LogP contribution in [0.4, 0.5) is 0 Å². The van der Waals surface area contributed by atoms with Gasteiger partial charge >= 0.3 is 0 Å². The van der Waals surface area contributed by atoms with Crippen LogP contribution in [0.1, 0.15) is 25.7 Å². The van der Waals surface area contributed by atoms with E-state index in [-0.39, 0.29) is 12.2 Å². The first-order valence-corrected chi connectivity index (χ1v) is 5.33. The van der Waals surface area contributed by atoms with Gasteiger partial charge in [-0.05, 0) is 24.7 Å². The summed E-state index contributed by atoms with van der Waals surface area (Å²) in [5, 5.41) is 0. The number of fused-ring (bicyclic) bond motifs is 1. The van der Waals surface area contributed by atoms with E-state index in [4.69, 9.17) is 9.47 Å². The summed E-state index contributed by atoms with van der Waals surface area (Å²) in [6.45, 7) is 0. The van der Waals surface area contributed by atoms with Gasteiger partial charge in [0.2, 0.25) is 0 Å². The molecule has 2 rings (SSSR count). The number of hydrogen-bond acceptors (Lipinski definition) is 3. The van der Waals surface area contributed by atoms with E-state index in [1.165, 1.54) is 0 Å². The van der Waals surface area contributed by atoms with Crippen LogP contribution in [0.2, 0.25) is 0 Å². The van der Waals surface area contributed by atoms with Crippen molar-refractivity contribution >= 4 is 5.78 Å². The molecule has 0 spiro atoms. The molecule has 14 heavy (non-hydrogen) atoms. The molecule has 0 aromatic heterocycles. The van der Waals surface area contributed by atoms with Gasteiger partial charge in [-0.25, -0.2) is 0 Å². The van der Waals surface area contributed by atoms with Crippen LogP contribution >= 0.6 is 0 Å². The van der Waals surface area contributed by atoms with Crippen LogP contribution in [0.25, 0.3) is 0 Å². The van der Waals surface area contributed by atoms with Crippen LogP contribution < -0.4 is 0 Å². The number of methoxy groups -OCH3 is 2. The number of Topliss-reactive ketones (excluding diaryl/α,β-unsaturated/α-hetero) is 1. The molecule has 0 amide bonds. The Balaban J connectivity index is 2.11. The summed E-state index contributed by atoms with van der Waals surface area (Å²) >= 11 is 0. The molecule has 2 aliphatic carbocycles. The van der Waals surface area contributed by atoms with Crippen molar-refractivity contribution in [3.8, 4) is 0 Å². The molecular formula is C11H18O3. The van der Waals surface area contributed by atoms with Gasteiger partial charge in [0.25, 0.3) is 0 Å². The Morgan fingerprint density at radius 3 is 1.79 bits per heavy atom. The topological polar surface area (TPSA) is 35.5 Å². The Kier molecular flexibility index (Phi) is 2.88. The summed E-state index contributed by atoms with van der Waals surface area (Å²) < 4.78 is 10.9. The van der Waals surface area contributed by atoms with E-state index >= 15 is 0 Å². The molecule has 2 saturated carbocycles. The minimum Gasteiger partial charge on any atom is -0.381 e. The summed E-state index contributed by atoms with van der Waals surface area (Å²) in [6.07, 6.45) is 4.01. The lowest BCUT2D eigenvalue weighted by Gasteiger charge is -2.37. The second-order valence-corrected chi connectivity index (χ2v) is 4.40. The van der Waals surface area contributed by atoms with Crippen LogP contribution in [-0.2, 0) is 14.3 Å². The molecule has 0 aliphatic heterocycles. The second-order valence-electron chi connectivity index (χ2n) is 4.40. The van der Waals surface area contributed by atoms with E-state index in [0.717, 1.165) is 12.8 Å². The minimum atomic E-state index is 0.276. The van der Waals surface area contributed by atoms with Crippen molar-refractivity contribution in [2.45, 2.75) is 37.9 Å². The highest BCUT2D eigenvalue weighted by Crippen LogP contribution is 2.42. The Labute approximate surface area is 84.8 Å². The molecule has 2 fully saturated rings. The molecule has 0 aromatic carbocycles. The van der Waals surface area contributed by atoms with Gasteiger partial charge in [0, 0.05) is 27.1 Å². The van der Waals surface area contributed by atoms with Gasteiger partial charge in [-0.1, -0.05) is 0 Å². The molecule has 0 bridgehead atoms. The minimum absolute atomic E-state index is 0.276. The number of rotatable bonds is 2. The molecule has 4 atom stereocenters. The van der Waals surface area contributed by atoms with E-state index in [0.29, 0.717) is 30.5 Å². The molecule has 80 valence electrons. The molecule has 2 aliphatic rings. The molecule has 0 radical (unpaired) electrons. The maximum absolute atomic E-state index is 11.4. The zero-order valence-electron chi connectivity index (χ0n) is 8.86. The first-order chi connectivity index (χ1) is 6.76. The normalized spacial score (nSPS) is 42.6. The van der Waals surface area contributed by atoms with Crippen molar-refractivity contribution in [3.05, 3.63) is 0 Å². The summed E-state index contributed by atoms with van der Waals surface area (Å²) in [4.78, 5) is 11.4. The molecule has 3 nitrogen and oxygen atoms in total. The standard InChI is InChI=1S/C11H18O3/c1-13-10-3-4-11(14-2)9-6-7(12)5-8(9)10/h8-11H,3-6H2,1-2H3. The lowest BCUT2D eigenvalue weighted by Crippen LogP contribution is -2.39. The van der Waals surface area contributed by atoms with Crippen LogP contribution in [-0.4, -0.2) is 32.2 Å². The van der Waals surface area contributed by atoms with Gasteiger partial charge in [-0.3, -0.25) is 4.79 Å². The lowest BCUT2D eigenvalue weighted by atomic mass is 9.77. The number of ether oxygens (including phenoxy) is 2. The van der Waals surface area contributed by atoms with Crippen molar-refractivity contribution in [2.24, 2.45) is 11.8 Å². The Hall–Kier alpha value is -0.410. The first kappa shape index (κ1) is 10.1. The third-order valence-electron chi connectivity index (χ3n) is 3.77. The molecule has 0 aromatic rings. The summed E-state index contributed by atoms with van der Waals surface area (Å²) in [6, 6.07) is 0. The van der Waals surface area contributed by atoms with Crippen molar-refractivity contribution in [1.29, 1.82) is 0 Å². The average Bonchev–Trinajstić information content (AvgIpc) is 2.57. The Bertz CT molecular complexity index is 205. The molecule has 0 N–H and O–H groups in total. The van der Waals surface area contributed by atoms with Crippen molar-refractivity contribution < 1.29 is 14.3 Å². The zero-order valence-corrected chi connectivity index (χ0v) is 8.86. The maximum Gasteiger partial charge on any atom is 0.133 e. The SMILES string of the molecule is COC1CCC(OC)C2CC(=O)CC12. The zero-order chi connectivity index (χ0) is 10.1. The van der Waals surface area contributed by atoms with Crippen LogP contribution in [0, 0.1) is 11.8 Å². The monoisotopic (exact) mass is 198 g/mol. The van der Waals surface area contributed by atoms with Gasteiger partial charge in [0.05, 0.1) is 12.2 Å². The third kappa shape index (κ3) is 1.59. The van der Waals surface area contributed by atoms with Gasteiger partial charge in [-0.2, -0.15) is 0 Å². The second kappa shape index (κ2) is 3.99. The maximum atomic E-state index is 11.4. The van der Waals surface area contributed by atoms with Crippen molar-refractivity contribution in [3.63, 3.8) is 0 Å². The summed E-state index contributed by atoms with van der Waals surface area (Å²) in [5.74, 6) is 1.20. The van der Waals surface area contributed by atoms with E-state index in [1.807, 2.05) is 0 Å². The number of ketones is 1. The van der Waals surface area contributed by atoms with Crippen LogP contribution in [0.5, 0.6) is 0 Å². The fourth-order valence-corrected chi connectivity index (χ4v) is 3.07. The highest BCUT2D eigenvalue weighted by molar-refractivity contribution is 5.81. The number of carbonyl (C=O) groups excluding carboxylic acids is 1. The van der Waals surface area contributed by atoms with Gasteiger partial charge < -0.3 is 9.47 Å². The van der Waals surface area contributed by atoms with Gasteiger partial charge in [0.1, 0.15) is 5.78 Å². The molecule has 4 unspecified atom stereocenters. The van der Waals surface area contributed by atoms with Gasteiger partial charge in [0.15, 0.2) is 0 Å². The molecular weight excluding hydrogens is 180 g/mol. The lowest BCUT2D eigenvalue weighted by molar-refractivity contribution is -0.118. The highest BCUT2D eigenvalue weighted by Gasteiger charge is 2.45. The molecule has 3 heteroatoms. The highest BCUT2D eigenvalue weighted by atomic mass is 16.5. The van der Waals surface area contributed by atoms with E-state index in [9.17, 15) is 4.79 Å². The Morgan fingerprint density at radius 1 is 1.00 bits per heavy atom. The van der Waals surface area contributed by atoms with Crippen molar-refractivity contribution in [1.82, 2.24) is 0 Å². The quantitative estimate of drug-likeness (QED) is 0.673. The van der Waals surface area contributed by atoms with Crippen LogP contribution in [0.15, 0.2) is 0 Å². The number of carbonyl (C=O) groups is 1. The summed E-state index contributed by atoms with van der Waals surface area (Å²) in [7, 11) is 3.50. The van der Waals surface area contributed by atoms with E-state index in [2.05, 4.69) is 0 Å². The third-order valence-corrected chi connectivity index (χ3v) is 3.77. The predicted molar refractivity (Wildman–Crippen MR) is 52.0 cm³/mol. The first-order valence-electron chi connectivity index (χ1n) is 5.33. The smallest absolute Gasteiger partial charge is 0.133 e.